The first kappa shape index (κ1) is 14.5. The maximum absolute atomic E-state index is 11.9. The van der Waals surface area contributed by atoms with Gasteiger partial charge in [0, 0.05) is 19.1 Å². The van der Waals surface area contributed by atoms with Crippen molar-refractivity contribution in [3.05, 3.63) is 35.9 Å². The molecule has 1 aromatic rings. The molecule has 20 heavy (non-hydrogen) atoms. The number of benzene rings is 1. The molecule has 0 aromatic heterocycles. The Hall–Kier alpha value is -1.88. The van der Waals surface area contributed by atoms with Crippen LogP contribution >= 0.6 is 0 Å². The number of alkyl carbamates (subject to hydrolysis) is 1. The maximum Gasteiger partial charge on any atom is 0.407 e. The highest BCUT2D eigenvalue weighted by Crippen LogP contribution is 2.15. The number of ether oxygens (including phenoxy) is 2. The Labute approximate surface area is 118 Å². The van der Waals surface area contributed by atoms with E-state index in [9.17, 15) is 9.59 Å². The normalized spacial score (nSPS) is 15.6. The van der Waals surface area contributed by atoms with E-state index in [4.69, 9.17) is 9.47 Å². The van der Waals surface area contributed by atoms with Gasteiger partial charge in [0.1, 0.15) is 6.61 Å². The number of hydrogen-bond donors (Lipinski definition) is 1. The molecule has 1 aliphatic rings. The molecule has 1 saturated heterocycles. The van der Waals surface area contributed by atoms with Crippen molar-refractivity contribution in [2.75, 3.05) is 19.8 Å². The van der Waals surface area contributed by atoms with E-state index in [1.54, 1.807) is 0 Å². The third-order valence-electron chi connectivity index (χ3n) is 3.30. The Morgan fingerprint density at radius 2 is 1.90 bits per heavy atom. The van der Waals surface area contributed by atoms with Crippen LogP contribution in [-0.2, 0) is 20.9 Å². The van der Waals surface area contributed by atoms with Crippen molar-refractivity contribution in [2.45, 2.75) is 19.4 Å². The summed E-state index contributed by atoms with van der Waals surface area (Å²) in [6, 6.07) is 9.41. The topological polar surface area (TPSA) is 64.6 Å². The minimum Gasteiger partial charge on any atom is -0.445 e. The van der Waals surface area contributed by atoms with Crippen LogP contribution in [0.4, 0.5) is 4.79 Å². The predicted octanol–water partition coefficient (Wildman–Crippen LogP) is 1.91. The number of carbonyl (C=O) groups is 2. The Bertz CT molecular complexity index is 440. The molecule has 0 spiro atoms. The van der Waals surface area contributed by atoms with Crippen molar-refractivity contribution >= 4 is 11.9 Å². The van der Waals surface area contributed by atoms with E-state index < -0.39 is 6.09 Å². The molecular weight excluding hydrogens is 258 g/mol. The first-order valence-electron chi connectivity index (χ1n) is 6.80. The summed E-state index contributed by atoms with van der Waals surface area (Å²) in [6.45, 7) is 1.47. The zero-order chi connectivity index (χ0) is 14.2. The number of carbonyl (C=O) groups excluding carboxylic acids is 2. The molecule has 0 atom stereocenters. The highest BCUT2D eigenvalue weighted by Gasteiger charge is 2.21. The monoisotopic (exact) mass is 277 g/mol. The second-order valence-corrected chi connectivity index (χ2v) is 4.77. The number of Topliss-reactive ketones (excluding diaryl/α,β-unsaturated/α-hetero) is 1. The molecule has 0 saturated carbocycles. The standard InChI is InChI=1S/C15H19NO4/c17-14(13-6-8-19-9-7-13)10-16-15(18)20-11-12-4-2-1-3-5-12/h1-5,13H,6-11H2,(H,16,18). The van der Waals surface area contributed by atoms with Gasteiger partial charge in [-0.15, -0.1) is 0 Å². The SMILES string of the molecule is O=C(NCC(=O)C1CCOCC1)OCc1ccccc1. The van der Waals surface area contributed by atoms with E-state index >= 15 is 0 Å². The molecular formula is C15H19NO4. The molecule has 0 radical (unpaired) electrons. The lowest BCUT2D eigenvalue weighted by atomic mass is 9.95. The Morgan fingerprint density at radius 3 is 2.60 bits per heavy atom. The molecule has 1 aromatic carbocycles. The van der Waals surface area contributed by atoms with Gasteiger partial charge in [-0.1, -0.05) is 30.3 Å². The molecule has 2 rings (SSSR count). The largest absolute Gasteiger partial charge is 0.445 e. The molecule has 1 fully saturated rings. The quantitative estimate of drug-likeness (QED) is 0.893. The number of nitrogens with one attached hydrogen (secondary N) is 1. The number of rotatable bonds is 5. The average molecular weight is 277 g/mol. The van der Waals surface area contributed by atoms with Crippen molar-refractivity contribution in [1.29, 1.82) is 0 Å². The molecule has 1 amide bonds. The van der Waals surface area contributed by atoms with Crippen LogP contribution in [0.3, 0.4) is 0 Å². The summed E-state index contributed by atoms with van der Waals surface area (Å²) in [5.74, 6) is 0.0446. The van der Waals surface area contributed by atoms with E-state index in [-0.39, 0.29) is 24.9 Å². The summed E-state index contributed by atoms with van der Waals surface area (Å²) < 4.78 is 10.2. The van der Waals surface area contributed by atoms with E-state index in [1.807, 2.05) is 30.3 Å². The molecule has 0 bridgehead atoms. The zero-order valence-corrected chi connectivity index (χ0v) is 11.3. The van der Waals surface area contributed by atoms with E-state index in [2.05, 4.69) is 5.32 Å². The highest BCUT2D eigenvalue weighted by molar-refractivity contribution is 5.85. The van der Waals surface area contributed by atoms with Gasteiger partial charge in [0.05, 0.1) is 6.54 Å². The summed E-state index contributed by atoms with van der Waals surface area (Å²) in [4.78, 5) is 23.3. The van der Waals surface area contributed by atoms with Crippen LogP contribution < -0.4 is 5.32 Å². The fourth-order valence-electron chi connectivity index (χ4n) is 2.10. The van der Waals surface area contributed by atoms with Gasteiger partial charge in [0.2, 0.25) is 0 Å². The van der Waals surface area contributed by atoms with Gasteiger partial charge in [0.25, 0.3) is 0 Å². The summed E-state index contributed by atoms with van der Waals surface area (Å²) in [7, 11) is 0. The maximum atomic E-state index is 11.9. The smallest absolute Gasteiger partial charge is 0.407 e. The van der Waals surface area contributed by atoms with Crippen molar-refractivity contribution in [2.24, 2.45) is 5.92 Å². The minimum atomic E-state index is -0.561. The fraction of sp³-hybridized carbons (Fsp3) is 0.467. The van der Waals surface area contributed by atoms with Crippen molar-refractivity contribution in [3.63, 3.8) is 0 Å². The van der Waals surface area contributed by atoms with Gasteiger partial charge in [0.15, 0.2) is 5.78 Å². The second kappa shape index (κ2) is 7.65. The summed E-state index contributed by atoms with van der Waals surface area (Å²) in [5.41, 5.74) is 0.915. The van der Waals surface area contributed by atoms with E-state index in [1.165, 1.54) is 0 Å². The predicted molar refractivity (Wildman–Crippen MR) is 73.2 cm³/mol. The van der Waals surface area contributed by atoms with Crippen LogP contribution in [0.2, 0.25) is 0 Å². The molecule has 108 valence electrons. The lowest BCUT2D eigenvalue weighted by Gasteiger charge is -2.20. The molecule has 1 aliphatic heterocycles. The van der Waals surface area contributed by atoms with Gasteiger partial charge in [-0.2, -0.15) is 0 Å². The molecule has 5 heteroatoms. The van der Waals surface area contributed by atoms with Gasteiger partial charge in [-0.25, -0.2) is 4.79 Å². The van der Waals surface area contributed by atoms with Crippen LogP contribution in [0.5, 0.6) is 0 Å². The Balaban J connectivity index is 1.65. The number of ketones is 1. The Kier molecular flexibility index (Phi) is 5.55. The molecule has 0 aliphatic carbocycles. The molecule has 1 heterocycles. The summed E-state index contributed by atoms with van der Waals surface area (Å²) in [5, 5.41) is 2.50. The average Bonchev–Trinajstić information content (AvgIpc) is 2.52. The first-order valence-corrected chi connectivity index (χ1v) is 6.80. The second-order valence-electron chi connectivity index (χ2n) is 4.77. The van der Waals surface area contributed by atoms with Gasteiger partial charge in [-0.3, -0.25) is 4.79 Å². The van der Waals surface area contributed by atoms with Crippen LogP contribution in [0.25, 0.3) is 0 Å². The van der Waals surface area contributed by atoms with Gasteiger partial charge < -0.3 is 14.8 Å². The highest BCUT2D eigenvalue weighted by atomic mass is 16.5. The number of amides is 1. The van der Waals surface area contributed by atoms with Crippen LogP contribution in [0.15, 0.2) is 30.3 Å². The summed E-state index contributed by atoms with van der Waals surface area (Å²) in [6.07, 6.45) is 0.911. The van der Waals surface area contributed by atoms with E-state index in [0.29, 0.717) is 13.2 Å². The van der Waals surface area contributed by atoms with Gasteiger partial charge >= 0.3 is 6.09 Å². The third-order valence-corrected chi connectivity index (χ3v) is 3.30. The molecule has 5 nitrogen and oxygen atoms in total. The van der Waals surface area contributed by atoms with Crippen molar-refractivity contribution < 1.29 is 19.1 Å². The van der Waals surface area contributed by atoms with Crippen LogP contribution in [-0.4, -0.2) is 31.6 Å². The van der Waals surface area contributed by atoms with Crippen molar-refractivity contribution in [1.82, 2.24) is 5.32 Å². The van der Waals surface area contributed by atoms with Crippen molar-refractivity contribution in [3.8, 4) is 0 Å². The van der Waals surface area contributed by atoms with Crippen LogP contribution in [0.1, 0.15) is 18.4 Å². The third kappa shape index (κ3) is 4.66. The zero-order valence-electron chi connectivity index (χ0n) is 11.3. The van der Waals surface area contributed by atoms with Crippen LogP contribution in [0, 0.1) is 5.92 Å². The lowest BCUT2D eigenvalue weighted by molar-refractivity contribution is -0.124. The van der Waals surface area contributed by atoms with E-state index in [0.717, 1.165) is 18.4 Å². The van der Waals surface area contributed by atoms with Gasteiger partial charge in [-0.05, 0) is 18.4 Å². The lowest BCUT2D eigenvalue weighted by Crippen LogP contribution is -2.35. The molecule has 0 unspecified atom stereocenters. The number of hydrogen-bond acceptors (Lipinski definition) is 4. The first-order chi connectivity index (χ1) is 9.75. The fourth-order valence-corrected chi connectivity index (χ4v) is 2.10. The Morgan fingerprint density at radius 1 is 1.20 bits per heavy atom. The summed E-state index contributed by atoms with van der Waals surface area (Å²) >= 11 is 0. The minimum absolute atomic E-state index is 0.00169. The molecule has 1 N–H and O–H groups in total.